The Bertz CT molecular complexity index is 1310. The molecule has 9 heteroatoms. The molecule has 0 radical (unpaired) electrons. The number of carbonyl (C=O) groups is 2. The van der Waals surface area contributed by atoms with Crippen LogP contribution < -0.4 is 14.4 Å². The summed E-state index contributed by atoms with van der Waals surface area (Å²) in [6.07, 6.45) is 0.507. The van der Waals surface area contributed by atoms with Gasteiger partial charge in [-0.25, -0.2) is 8.42 Å². The zero-order chi connectivity index (χ0) is 27.0. The maximum absolute atomic E-state index is 13.8. The number of anilines is 1. The van der Waals surface area contributed by atoms with E-state index in [1.165, 1.54) is 31.2 Å². The molecule has 0 fully saturated rings. The van der Waals surface area contributed by atoms with Crippen molar-refractivity contribution in [2.75, 3.05) is 31.6 Å². The molecule has 0 saturated carbocycles. The Labute approximate surface area is 218 Å². The molecule has 1 N–H and O–H groups in total. The number of hydrogen-bond acceptors (Lipinski definition) is 5. The van der Waals surface area contributed by atoms with Gasteiger partial charge in [0.15, 0.2) is 0 Å². The van der Waals surface area contributed by atoms with Crippen LogP contribution >= 0.6 is 0 Å². The lowest BCUT2D eigenvalue weighted by atomic mass is 10.1. The van der Waals surface area contributed by atoms with Crippen LogP contribution in [0.1, 0.15) is 18.1 Å². The van der Waals surface area contributed by atoms with Crippen molar-refractivity contribution in [2.24, 2.45) is 0 Å². The molecule has 1 atom stereocenters. The molecule has 3 aromatic rings. The van der Waals surface area contributed by atoms with Gasteiger partial charge in [0, 0.05) is 13.6 Å². The summed E-state index contributed by atoms with van der Waals surface area (Å²) >= 11 is 0. The second-order valence-electron chi connectivity index (χ2n) is 8.61. The van der Waals surface area contributed by atoms with Gasteiger partial charge >= 0.3 is 0 Å². The van der Waals surface area contributed by atoms with Crippen LogP contribution in [0.15, 0.2) is 83.8 Å². The second-order valence-corrected chi connectivity index (χ2v) is 10.5. The highest BCUT2D eigenvalue weighted by Gasteiger charge is 2.33. The van der Waals surface area contributed by atoms with Crippen LogP contribution in [0.4, 0.5) is 5.69 Å². The van der Waals surface area contributed by atoms with Crippen LogP contribution in [-0.4, -0.2) is 58.4 Å². The number of hydrogen-bond donors (Lipinski definition) is 1. The summed E-state index contributed by atoms with van der Waals surface area (Å²) in [5.74, 6) is -0.532. The van der Waals surface area contributed by atoms with Crippen molar-refractivity contribution >= 4 is 27.5 Å². The van der Waals surface area contributed by atoms with E-state index in [1.54, 1.807) is 43.3 Å². The molecule has 0 spiro atoms. The highest BCUT2D eigenvalue weighted by molar-refractivity contribution is 7.92. The maximum atomic E-state index is 13.8. The van der Waals surface area contributed by atoms with E-state index in [0.29, 0.717) is 12.2 Å². The Balaban J connectivity index is 2.03. The van der Waals surface area contributed by atoms with E-state index < -0.39 is 28.5 Å². The third-order valence-electron chi connectivity index (χ3n) is 6.11. The minimum absolute atomic E-state index is 0.0431. The Morgan fingerprint density at radius 1 is 0.973 bits per heavy atom. The van der Waals surface area contributed by atoms with E-state index in [2.05, 4.69) is 5.32 Å². The second kappa shape index (κ2) is 12.4. The first-order valence-electron chi connectivity index (χ1n) is 12.0. The molecule has 0 unspecified atom stereocenters. The van der Waals surface area contributed by atoms with Crippen molar-refractivity contribution in [2.45, 2.75) is 31.2 Å². The summed E-state index contributed by atoms with van der Waals surface area (Å²) in [6, 6.07) is 21.9. The highest BCUT2D eigenvalue weighted by Crippen LogP contribution is 2.33. The number of ether oxygens (including phenoxy) is 1. The van der Waals surface area contributed by atoms with E-state index in [1.807, 2.05) is 37.3 Å². The number of aryl methyl sites for hydroxylation is 1. The summed E-state index contributed by atoms with van der Waals surface area (Å²) in [5, 5.41) is 2.58. The molecule has 0 saturated heterocycles. The van der Waals surface area contributed by atoms with E-state index in [-0.39, 0.29) is 23.0 Å². The van der Waals surface area contributed by atoms with Crippen molar-refractivity contribution < 1.29 is 22.7 Å². The molecule has 196 valence electrons. The van der Waals surface area contributed by atoms with Gasteiger partial charge in [-0.05, 0) is 55.7 Å². The summed E-state index contributed by atoms with van der Waals surface area (Å²) < 4.78 is 34.2. The number of likely N-dealkylation sites (N-methyl/N-ethyl adjacent to an activating group) is 1. The van der Waals surface area contributed by atoms with Crippen molar-refractivity contribution in [3.05, 3.63) is 90.0 Å². The van der Waals surface area contributed by atoms with E-state index in [9.17, 15) is 18.0 Å². The van der Waals surface area contributed by atoms with Gasteiger partial charge in [-0.15, -0.1) is 0 Å². The molecule has 3 rings (SSSR count). The number of methoxy groups -OCH3 is 1. The Morgan fingerprint density at radius 3 is 2.19 bits per heavy atom. The fourth-order valence-corrected chi connectivity index (χ4v) is 5.44. The van der Waals surface area contributed by atoms with Gasteiger partial charge in [0.05, 0.1) is 17.7 Å². The van der Waals surface area contributed by atoms with Crippen LogP contribution in [0.25, 0.3) is 0 Å². The average Bonchev–Trinajstić information content (AvgIpc) is 2.92. The third kappa shape index (κ3) is 6.68. The minimum atomic E-state index is -4.15. The zero-order valence-electron chi connectivity index (χ0n) is 21.5. The van der Waals surface area contributed by atoms with Crippen molar-refractivity contribution in [3.8, 4) is 5.75 Å². The first kappa shape index (κ1) is 27.7. The maximum Gasteiger partial charge on any atom is 0.264 e. The molecule has 0 aliphatic heterocycles. The molecule has 2 amide bonds. The molecule has 0 heterocycles. The quantitative estimate of drug-likeness (QED) is 0.416. The summed E-state index contributed by atoms with van der Waals surface area (Å²) in [5.41, 5.74) is 2.05. The molecule has 3 aromatic carbocycles. The number of amides is 2. The van der Waals surface area contributed by atoms with E-state index >= 15 is 0 Å². The lowest BCUT2D eigenvalue weighted by Gasteiger charge is -2.32. The normalized spacial score (nSPS) is 11.9. The average molecular weight is 524 g/mol. The number of rotatable bonds is 11. The Hall–Kier alpha value is -3.85. The van der Waals surface area contributed by atoms with Crippen LogP contribution in [0.2, 0.25) is 0 Å². The lowest BCUT2D eigenvalue weighted by Crippen LogP contribution is -2.51. The topological polar surface area (TPSA) is 96.0 Å². The van der Waals surface area contributed by atoms with Gasteiger partial charge in [0.1, 0.15) is 18.3 Å². The van der Waals surface area contributed by atoms with Crippen molar-refractivity contribution in [1.82, 2.24) is 10.2 Å². The minimum Gasteiger partial charge on any atom is -0.495 e. The molecular formula is C28H33N3O5S. The zero-order valence-corrected chi connectivity index (χ0v) is 22.4. The molecule has 0 bridgehead atoms. The fourth-order valence-electron chi connectivity index (χ4n) is 4.01. The SMILES string of the molecule is CNC(=O)[C@@H](C)N(CCc1ccccc1)C(=O)CN(c1cc(C)ccc1OC)S(=O)(=O)c1ccccc1. The smallest absolute Gasteiger partial charge is 0.264 e. The molecule has 0 aliphatic rings. The van der Waals surface area contributed by atoms with E-state index in [4.69, 9.17) is 4.74 Å². The summed E-state index contributed by atoms with van der Waals surface area (Å²) in [7, 11) is -1.20. The third-order valence-corrected chi connectivity index (χ3v) is 7.88. The van der Waals surface area contributed by atoms with Crippen molar-refractivity contribution in [1.29, 1.82) is 0 Å². The summed E-state index contributed by atoms with van der Waals surface area (Å²) in [4.78, 5) is 27.8. The first-order valence-corrected chi connectivity index (χ1v) is 13.4. The number of carbonyl (C=O) groups excluding carboxylic acids is 2. The fraction of sp³-hybridized carbons (Fsp3) is 0.286. The number of nitrogens with zero attached hydrogens (tertiary/aromatic N) is 2. The Morgan fingerprint density at radius 2 is 1.59 bits per heavy atom. The van der Waals surface area contributed by atoms with Crippen LogP contribution in [0.3, 0.4) is 0 Å². The highest BCUT2D eigenvalue weighted by atomic mass is 32.2. The lowest BCUT2D eigenvalue weighted by molar-refractivity contribution is -0.138. The van der Waals surface area contributed by atoms with Crippen LogP contribution in [0.5, 0.6) is 5.75 Å². The Kier molecular flexibility index (Phi) is 9.30. The predicted octanol–water partition coefficient (Wildman–Crippen LogP) is 3.40. The number of nitrogens with one attached hydrogen (secondary N) is 1. The monoisotopic (exact) mass is 523 g/mol. The molecular weight excluding hydrogens is 490 g/mol. The van der Waals surface area contributed by atoms with E-state index in [0.717, 1.165) is 15.4 Å². The molecule has 0 aromatic heterocycles. The molecule has 0 aliphatic carbocycles. The number of sulfonamides is 1. The number of benzene rings is 3. The van der Waals surface area contributed by atoms with Crippen LogP contribution in [-0.2, 0) is 26.0 Å². The molecule has 37 heavy (non-hydrogen) atoms. The van der Waals surface area contributed by atoms with Gasteiger partial charge in [0.2, 0.25) is 11.8 Å². The van der Waals surface area contributed by atoms with Crippen LogP contribution in [0, 0.1) is 6.92 Å². The predicted molar refractivity (Wildman–Crippen MR) is 144 cm³/mol. The summed E-state index contributed by atoms with van der Waals surface area (Å²) in [6.45, 7) is 3.19. The standard InChI is InChI=1S/C28H33N3O5S/c1-21-15-16-26(36-4)25(19-21)31(37(34,35)24-13-9-6-10-14-24)20-27(32)30(22(2)28(33)29-3)18-17-23-11-7-5-8-12-23/h5-16,19,22H,17-18,20H2,1-4H3,(H,29,33)/t22-/m1/s1. The van der Waals surface area contributed by atoms with Gasteiger partial charge in [0.25, 0.3) is 10.0 Å². The largest absolute Gasteiger partial charge is 0.495 e. The molecule has 8 nitrogen and oxygen atoms in total. The van der Waals surface area contributed by atoms with Gasteiger partial charge < -0.3 is 15.0 Å². The first-order chi connectivity index (χ1) is 17.7. The van der Waals surface area contributed by atoms with Gasteiger partial charge in [-0.3, -0.25) is 13.9 Å². The van der Waals surface area contributed by atoms with Gasteiger partial charge in [-0.1, -0.05) is 54.6 Å². The van der Waals surface area contributed by atoms with Gasteiger partial charge in [-0.2, -0.15) is 0 Å². The van der Waals surface area contributed by atoms with Crippen molar-refractivity contribution in [3.63, 3.8) is 0 Å².